The number of hydrogen-bond donors (Lipinski definition) is 0. The molecule has 0 heterocycles. The van der Waals surface area contributed by atoms with Crippen LogP contribution in [0.1, 0.15) is 77.8 Å². The van der Waals surface area contributed by atoms with Crippen LogP contribution in [0.5, 0.6) is 11.5 Å². The van der Waals surface area contributed by atoms with Crippen LogP contribution < -0.4 is 9.47 Å². The zero-order valence-corrected chi connectivity index (χ0v) is 46.5. The van der Waals surface area contributed by atoms with Crippen LogP contribution in [0.4, 0.5) is 26.3 Å². The Balaban J connectivity index is 0.000000291. The van der Waals surface area contributed by atoms with E-state index in [-0.39, 0.29) is 36.9 Å². The molecule has 0 fully saturated rings. The Labute approximate surface area is 473 Å². The molecule has 0 spiro atoms. The second-order valence-corrected chi connectivity index (χ2v) is 20.9. The first-order valence-corrected chi connectivity index (χ1v) is 26.7. The van der Waals surface area contributed by atoms with Crippen molar-refractivity contribution >= 4 is 63.8 Å². The van der Waals surface area contributed by atoms with Crippen molar-refractivity contribution in [3.05, 3.63) is 211 Å². The van der Waals surface area contributed by atoms with Gasteiger partial charge in [0.2, 0.25) is 5.78 Å². The molecule has 0 amide bonds. The van der Waals surface area contributed by atoms with Crippen molar-refractivity contribution in [2.24, 2.45) is 5.92 Å². The molecule has 1 atom stereocenters. The molecule has 0 bridgehead atoms. The van der Waals surface area contributed by atoms with Gasteiger partial charge in [-0.05, 0) is 146 Å². The van der Waals surface area contributed by atoms with Crippen molar-refractivity contribution in [3.63, 3.8) is 0 Å². The van der Waals surface area contributed by atoms with E-state index < -0.39 is 35.4 Å². The highest BCUT2D eigenvalue weighted by Gasteiger charge is 2.43. The molecule has 0 radical (unpaired) electrons. The summed E-state index contributed by atoms with van der Waals surface area (Å²) in [6, 6.07) is 44.6. The molecule has 0 saturated heterocycles. The van der Waals surface area contributed by atoms with E-state index in [0.717, 1.165) is 35.3 Å². The van der Waals surface area contributed by atoms with Crippen LogP contribution in [0.2, 0.25) is 20.1 Å². The molecule has 0 aliphatic heterocycles. The van der Waals surface area contributed by atoms with Crippen molar-refractivity contribution in [2.75, 3.05) is 53.5 Å². The maximum atomic E-state index is 13.2. The fourth-order valence-electron chi connectivity index (χ4n) is 8.59. The van der Waals surface area contributed by atoms with Crippen LogP contribution in [0.3, 0.4) is 0 Å². The predicted molar refractivity (Wildman–Crippen MR) is 300 cm³/mol. The molecule has 6 rings (SSSR count). The molecular formula is C61H62Cl4F6N2O5. The van der Waals surface area contributed by atoms with Crippen molar-refractivity contribution in [1.29, 1.82) is 0 Å². The van der Waals surface area contributed by atoms with E-state index >= 15 is 0 Å². The van der Waals surface area contributed by atoms with Gasteiger partial charge in [0.25, 0.3) is 5.78 Å². The van der Waals surface area contributed by atoms with Crippen LogP contribution in [-0.2, 0) is 27.2 Å². The first kappa shape index (κ1) is 63.2. The van der Waals surface area contributed by atoms with E-state index in [4.69, 9.17) is 55.9 Å². The summed E-state index contributed by atoms with van der Waals surface area (Å²) in [5.41, 5.74) is 5.22. The van der Waals surface area contributed by atoms with Gasteiger partial charge in [-0.3, -0.25) is 9.59 Å². The zero-order valence-electron chi connectivity index (χ0n) is 43.5. The van der Waals surface area contributed by atoms with E-state index in [1.165, 1.54) is 6.92 Å². The summed E-state index contributed by atoms with van der Waals surface area (Å²) in [4.78, 5) is 38.7. The minimum absolute atomic E-state index is 0.0154. The maximum Gasteiger partial charge on any atom is 0.454 e. The molecule has 0 N–H and O–H groups in total. The van der Waals surface area contributed by atoms with Gasteiger partial charge < -0.3 is 24.1 Å². The van der Waals surface area contributed by atoms with Crippen molar-refractivity contribution in [2.45, 2.75) is 69.6 Å². The Morgan fingerprint density at radius 2 is 0.885 bits per heavy atom. The van der Waals surface area contributed by atoms with E-state index in [1.807, 2.05) is 111 Å². The Morgan fingerprint density at radius 3 is 1.22 bits per heavy atom. The molecule has 1 unspecified atom stereocenters. The lowest BCUT2D eigenvalue weighted by Gasteiger charge is -2.25. The molecule has 78 heavy (non-hydrogen) atoms. The van der Waals surface area contributed by atoms with Gasteiger partial charge >= 0.3 is 12.4 Å². The third-order valence-corrected chi connectivity index (χ3v) is 13.9. The Morgan fingerprint density at radius 1 is 0.526 bits per heavy atom. The monoisotopic (exact) mass is 1160 g/mol. The molecule has 0 aliphatic carbocycles. The van der Waals surface area contributed by atoms with Gasteiger partial charge in [-0.15, -0.1) is 0 Å². The number of ether oxygens (including phenoxy) is 2. The number of nitrogens with zero attached hydrogens (tertiary/aromatic N) is 2. The van der Waals surface area contributed by atoms with Crippen LogP contribution >= 0.6 is 46.4 Å². The first-order chi connectivity index (χ1) is 36.9. The zero-order chi connectivity index (χ0) is 57.0. The second-order valence-electron chi connectivity index (χ2n) is 19.1. The Bertz CT molecular complexity index is 2740. The van der Waals surface area contributed by atoms with Gasteiger partial charge in [-0.2, -0.15) is 26.3 Å². The van der Waals surface area contributed by atoms with Gasteiger partial charge in [-0.1, -0.05) is 132 Å². The number of allylic oxidation sites excluding steroid dienone is 1. The fraction of sp³-hybridized carbons (Fsp3) is 0.328. The van der Waals surface area contributed by atoms with Gasteiger partial charge in [0.05, 0.1) is 0 Å². The summed E-state index contributed by atoms with van der Waals surface area (Å²) in [5.74, 6) is -3.42. The summed E-state index contributed by atoms with van der Waals surface area (Å²) in [5, 5.41) is 2.71. The number of likely N-dealkylation sites (N-methyl/N-ethyl adjacent to an activating group) is 2. The third kappa shape index (κ3) is 21.5. The highest BCUT2D eigenvalue weighted by Crippen LogP contribution is 2.32. The van der Waals surface area contributed by atoms with Gasteiger partial charge in [0.1, 0.15) is 30.5 Å². The number of alkyl halides is 6. The fourth-order valence-corrected chi connectivity index (χ4v) is 9.09. The molecule has 0 saturated carbocycles. The number of carbonyl (C=O) groups is 3. The van der Waals surface area contributed by atoms with Gasteiger partial charge in [0.15, 0.2) is 0 Å². The van der Waals surface area contributed by atoms with E-state index in [0.29, 0.717) is 88.3 Å². The third-order valence-electron chi connectivity index (χ3n) is 12.9. The maximum absolute atomic E-state index is 13.2. The van der Waals surface area contributed by atoms with E-state index in [1.54, 1.807) is 48.5 Å². The van der Waals surface area contributed by atoms with Crippen LogP contribution in [0.15, 0.2) is 158 Å². The molecule has 6 aromatic carbocycles. The van der Waals surface area contributed by atoms with Crippen LogP contribution in [0.25, 0.3) is 0 Å². The minimum Gasteiger partial charge on any atom is -0.492 e. The quantitative estimate of drug-likeness (QED) is 0.0289. The van der Waals surface area contributed by atoms with Gasteiger partial charge in [0, 0.05) is 82.4 Å². The lowest BCUT2D eigenvalue weighted by atomic mass is 9.89. The molecule has 17 heteroatoms. The molecular weight excluding hydrogens is 1100 g/mol. The number of Topliss-reactive ketones (excluding diaryl/α,β-unsaturated/α-hetero) is 3. The predicted octanol–water partition coefficient (Wildman–Crippen LogP) is 15.9. The summed E-state index contributed by atoms with van der Waals surface area (Å²) in [6.07, 6.45) is -8.74. The second kappa shape index (κ2) is 30.6. The summed E-state index contributed by atoms with van der Waals surface area (Å²) in [7, 11) is 4.02. The number of rotatable bonds is 27. The van der Waals surface area contributed by atoms with E-state index in [9.17, 15) is 40.7 Å². The Kier molecular flexibility index (Phi) is 24.8. The lowest BCUT2D eigenvalue weighted by molar-refractivity contribution is -0.175. The number of ketones is 3. The first-order valence-electron chi connectivity index (χ1n) is 25.2. The van der Waals surface area contributed by atoms with Crippen molar-refractivity contribution in [1.82, 2.24) is 9.80 Å². The lowest BCUT2D eigenvalue weighted by Crippen LogP contribution is -2.31. The largest absolute Gasteiger partial charge is 0.492 e. The Hall–Kier alpha value is -5.67. The number of hydrogen-bond acceptors (Lipinski definition) is 7. The van der Waals surface area contributed by atoms with Gasteiger partial charge in [-0.25, -0.2) is 0 Å². The molecule has 6 aromatic rings. The average molecular weight is 1160 g/mol. The van der Waals surface area contributed by atoms with Crippen molar-refractivity contribution in [3.8, 4) is 11.5 Å². The molecule has 7 nitrogen and oxygen atoms in total. The summed E-state index contributed by atoms with van der Waals surface area (Å²) >= 11 is 24.4. The smallest absolute Gasteiger partial charge is 0.454 e. The SMILES string of the molecule is C=C(Cc1ccc(OCCN(C)CC(c2ccc(Cl)cc2)c2ccc(Cl)cc2)cc1)C(=O)C(F)(F)F.CC(=O)CCCCC(Cc1ccc(OCCN(C)CC(c2ccc(Cl)cc2)c2ccc(Cl)cc2)cc1)C(=O)C(F)(F)F. The summed E-state index contributed by atoms with van der Waals surface area (Å²) < 4.78 is 88.8. The van der Waals surface area contributed by atoms with Crippen LogP contribution in [-0.4, -0.2) is 93.0 Å². The highest BCUT2D eigenvalue weighted by atomic mass is 35.5. The average Bonchev–Trinajstić information content (AvgIpc) is 3.40. The normalized spacial score (nSPS) is 12.1. The van der Waals surface area contributed by atoms with Crippen LogP contribution in [0, 0.1) is 5.92 Å². The van der Waals surface area contributed by atoms with E-state index in [2.05, 4.69) is 16.4 Å². The molecule has 0 aromatic heterocycles. The number of halogens is 10. The standard InChI is InChI=1S/C33H36Cl2F3NO3.C28H26Cl2F3NO2/c1-23(40)5-3-4-6-27(32(41)33(36,37)38)21-24-7-17-30(18-8-24)42-20-19-39(2)22-31(25-9-13-28(34)14-10-25)26-11-15-29(35)16-12-26;1-19(27(35)28(31,32)33)17-20-3-13-25(14-4-20)36-16-15-34(2)18-26(21-5-9-23(29)10-6-21)22-7-11-24(30)12-8-22/h7-18,27,31H,3-6,19-22H2,1-2H3;3-14,26H,1,15-18H2,2H3. The summed E-state index contributed by atoms with van der Waals surface area (Å²) in [6.45, 7) is 8.30. The minimum atomic E-state index is -4.91. The molecule has 416 valence electrons. The number of benzene rings is 6. The van der Waals surface area contributed by atoms with Crippen molar-refractivity contribution < 1.29 is 50.2 Å². The topological polar surface area (TPSA) is 76.2 Å². The number of carbonyl (C=O) groups excluding carboxylic acids is 3. The molecule has 0 aliphatic rings. The highest BCUT2D eigenvalue weighted by molar-refractivity contribution is 6.31. The number of unbranched alkanes of at least 4 members (excludes halogenated alkanes) is 1.